The highest BCUT2D eigenvalue weighted by atomic mass is 35.5. The fraction of sp³-hybridized carbons (Fsp3) is 0.438. The number of hydrogen-bond acceptors (Lipinski definition) is 5. The van der Waals surface area contributed by atoms with Crippen molar-refractivity contribution < 1.29 is 18.3 Å². The summed E-state index contributed by atoms with van der Waals surface area (Å²) >= 11 is 6.02. The number of halogens is 1. The molecule has 1 saturated heterocycles. The highest BCUT2D eigenvalue weighted by Crippen LogP contribution is 2.37. The molecule has 11 heteroatoms. The predicted octanol–water partition coefficient (Wildman–Crippen LogP) is 1.88. The Morgan fingerprint density at radius 1 is 1.37 bits per heavy atom. The van der Waals surface area contributed by atoms with E-state index < -0.39 is 21.7 Å². The average Bonchev–Trinajstić information content (AvgIpc) is 3.01. The number of nitriles is 1. The van der Waals surface area contributed by atoms with Gasteiger partial charge in [-0.1, -0.05) is 11.6 Å². The Morgan fingerprint density at radius 2 is 2.00 bits per heavy atom. The Morgan fingerprint density at radius 3 is 2.52 bits per heavy atom. The smallest absolute Gasteiger partial charge is 0.407 e. The molecule has 1 aliphatic heterocycles. The van der Waals surface area contributed by atoms with Crippen LogP contribution in [0.25, 0.3) is 11.0 Å². The van der Waals surface area contributed by atoms with Gasteiger partial charge in [-0.3, -0.25) is 0 Å². The fourth-order valence-corrected chi connectivity index (χ4v) is 4.52. The number of amides is 1. The van der Waals surface area contributed by atoms with Crippen LogP contribution in [0.5, 0.6) is 0 Å². The van der Waals surface area contributed by atoms with Crippen LogP contribution in [-0.4, -0.2) is 65.0 Å². The molecule has 1 aliphatic rings. The minimum Gasteiger partial charge on any atom is -0.465 e. The van der Waals surface area contributed by atoms with Gasteiger partial charge in [0, 0.05) is 32.2 Å². The number of benzene rings is 1. The monoisotopic (exact) mass is 411 g/mol. The van der Waals surface area contributed by atoms with E-state index in [9.17, 15) is 18.5 Å². The minimum absolute atomic E-state index is 0.0843. The number of imidazole rings is 1. The summed E-state index contributed by atoms with van der Waals surface area (Å²) in [5.41, 5.74) is -0.544. The van der Waals surface area contributed by atoms with Gasteiger partial charge in [0.25, 0.3) is 0 Å². The number of aromatic nitrogens is 2. The van der Waals surface area contributed by atoms with Crippen molar-refractivity contribution in [3.63, 3.8) is 0 Å². The molecule has 0 aliphatic carbocycles. The van der Waals surface area contributed by atoms with Crippen LogP contribution in [0.3, 0.4) is 0 Å². The summed E-state index contributed by atoms with van der Waals surface area (Å²) in [6.07, 6.45) is -0.770. The van der Waals surface area contributed by atoms with Gasteiger partial charge in [-0.25, -0.2) is 13.8 Å². The lowest BCUT2D eigenvalue weighted by molar-refractivity contribution is 0.123. The largest absolute Gasteiger partial charge is 0.465 e. The Balaban J connectivity index is 2.25. The highest BCUT2D eigenvalue weighted by molar-refractivity contribution is 7.87. The Labute approximate surface area is 161 Å². The van der Waals surface area contributed by atoms with Crippen molar-refractivity contribution in [2.24, 2.45) is 0 Å². The highest BCUT2D eigenvalue weighted by Gasteiger charge is 2.44. The van der Waals surface area contributed by atoms with Crippen LogP contribution in [0, 0.1) is 11.3 Å². The molecule has 1 N–H and O–H groups in total. The molecule has 144 valence electrons. The second kappa shape index (κ2) is 6.67. The third-order valence-corrected chi connectivity index (χ3v) is 6.79. The van der Waals surface area contributed by atoms with Crippen molar-refractivity contribution in [3.8, 4) is 6.07 Å². The van der Waals surface area contributed by atoms with Gasteiger partial charge < -0.3 is 10.0 Å². The molecule has 0 spiro atoms. The molecule has 9 nitrogen and oxygen atoms in total. The molecule has 0 saturated carbocycles. The van der Waals surface area contributed by atoms with E-state index in [0.717, 1.165) is 8.28 Å². The normalized spacial score (nSPS) is 17.2. The average molecular weight is 412 g/mol. The van der Waals surface area contributed by atoms with Crippen LogP contribution in [-0.2, 0) is 15.6 Å². The summed E-state index contributed by atoms with van der Waals surface area (Å²) in [5, 5.41) is 19.5. The molecular weight excluding hydrogens is 394 g/mol. The zero-order valence-corrected chi connectivity index (χ0v) is 16.3. The molecule has 1 aromatic heterocycles. The van der Waals surface area contributed by atoms with Crippen molar-refractivity contribution in [2.75, 3.05) is 27.2 Å². The number of carboxylic acid groups (broad SMARTS) is 1. The maximum absolute atomic E-state index is 13.0. The van der Waals surface area contributed by atoms with Crippen molar-refractivity contribution >= 4 is 38.9 Å². The van der Waals surface area contributed by atoms with E-state index in [-0.39, 0.29) is 31.8 Å². The Hall–Kier alpha value is -2.35. The summed E-state index contributed by atoms with van der Waals surface area (Å²) in [6.45, 7) is 0.240. The molecule has 0 unspecified atom stereocenters. The van der Waals surface area contributed by atoms with Gasteiger partial charge in [-0.2, -0.15) is 18.0 Å². The predicted molar refractivity (Wildman–Crippen MR) is 98.9 cm³/mol. The van der Waals surface area contributed by atoms with Gasteiger partial charge in [0.05, 0.1) is 17.1 Å². The van der Waals surface area contributed by atoms with Crippen LogP contribution >= 0.6 is 11.6 Å². The zero-order chi connectivity index (χ0) is 20.0. The van der Waals surface area contributed by atoms with Gasteiger partial charge >= 0.3 is 16.3 Å². The number of rotatable bonds is 3. The number of fused-ring (bicyclic) bond motifs is 1. The number of likely N-dealkylation sites (tertiary alicyclic amines) is 1. The Bertz CT molecular complexity index is 1050. The number of hydrogen-bond donors (Lipinski definition) is 1. The zero-order valence-electron chi connectivity index (χ0n) is 14.8. The van der Waals surface area contributed by atoms with Crippen molar-refractivity contribution in [1.82, 2.24) is 18.2 Å². The van der Waals surface area contributed by atoms with E-state index in [1.54, 1.807) is 18.2 Å². The first-order valence-corrected chi connectivity index (χ1v) is 9.90. The summed E-state index contributed by atoms with van der Waals surface area (Å²) in [4.78, 5) is 16.8. The fourth-order valence-electron chi connectivity index (χ4n) is 3.19. The third-order valence-electron chi connectivity index (χ3n) is 4.80. The Kier molecular flexibility index (Phi) is 4.80. The molecule has 1 aromatic carbocycles. The molecule has 2 heterocycles. The van der Waals surface area contributed by atoms with Crippen molar-refractivity contribution in [1.29, 1.82) is 5.26 Å². The van der Waals surface area contributed by atoms with Crippen LogP contribution in [0.1, 0.15) is 18.7 Å². The van der Waals surface area contributed by atoms with Crippen molar-refractivity contribution in [3.05, 3.63) is 29.0 Å². The summed E-state index contributed by atoms with van der Waals surface area (Å²) in [6, 6.07) is 6.85. The van der Waals surface area contributed by atoms with E-state index in [4.69, 9.17) is 16.7 Å². The number of nitrogens with zero attached hydrogens (tertiary/aromatic N) is 5. The van der Waals surface area contributed by atoms with E-state index in [1.807, 2.05) is 0 Å². The SMILES string of the molecule is CN(C)S(=O)(=O)n1c(C2(C#N)CCN(C(=O)O)CC2)nc2cc(Cl)ccc21. The molecule has 0 atom stereocenters. The van der Waals surface area contributed by atoms with Gasteiger partial charge in [-0.15, -0.1) is 0 Å². The molecule has 0 radical (unpaired) electrons. The van der Waals surface area contributed by atoms with E-state index in [1.165, 1.54) is 19.0 Å². The topological polar surface area (TPSA) is 120 Å². The molecule has 1 amide bonds. The van der Waals surface area contributed by atoms with Gasteiger partial charge in [0.1, 0.15) is 11.2 Å². The quantitative estimate of drug-likeness (QED) is 0.823. The second-order valence-electron chi connectivity index (χ2n) is 6.59. The van der Waals surface area contributed by atoms with E-state index >= 15 is 0 Å². The van der Waals surface area contributed by atoms with Crippen molar-refractivity contribution in [2.45, 2.75) is 18.3 Å². The maximum Gasteiger partial charge on any atom is 0.407 e. The number of piperidine rings is 1. The molecule has 2 aromatic rings. The minimum atomic E-state index is -3.97. The molecular formula is C16H18ClN5O4S. The van der Waals surface area contributed by atoms with Gasteiger partial charge in [-0.05, 0) is 31.0 Å². The first-order chi connectivity index (χ1) is 12.6. The van der Waals surface area contributed by atoms with Crippen LogP contribution in [0.15, 0.2) is 18.2 Å². The third kappa shape index (κ3) is 3.12. The van der Waals surface area contributed by atoms with Gasteiger partial charge in [0.2, 0.25) is 0 Å². The standard InChI is InChI=1S/C16H18ClN5O4S/c1-20(2)27(25,26)22-13-4-3-11(17)9-12(13)19-14(22)16(10-18)5-7-21(8-6-16)15(23)24/h3-4,9H,5-8H2,1-2H3,(H,23,24). The lowest BCUT2D eigenvalue weighted by atomic mass is 9.79. The lowest BCUT2D eigenvalue weighted by Crippen LogP contribution is -2.46. The van der Waals surface area contributed by atoms with E-state index in [2.05, 4.69) is 11.1 Å². The second-order valence-corrected chi connectivity index (χ2v) is 9.01. The number of carbonyl (C=O) groups is 1. The first kappa shape index (κ1) is 19.4. The van der Waals surface area contributed by atoms with Crippen LogP contribution in [0.2, 0.25) is 5.02 Å². The van der Waals surface area contributed by atoms with Crippen LogP contribution in [0.4, 0.5) is 4.79 Å². The maximum atomic E-state index is 13.0. The first-order valence-electron chi connectivity index (χ1n) is 8.13. The molecule has 27 heavy (non-hydrogen) atoms. The molecule has 1 fully saturated rings. The molecule has 0 bridgehead atoms. The summed E-state index contributed by atoms with van der Waals surface area (Å²) in [7, 11) is -1.18. The lowest BCUT2D eigenvalue weighted by Gasteiger charge is -2.35. The van der Waals surface area contributed by atoms with Gasteiger partial charge in [0.15, 0.2) is 0 Å². The van der Waals surface area contributed by atoms with Crippen LogP contribution < -0.4 is 0 Å². The summed E-state index contributed by atoms with van der Waals surface area (Å²) < 4.78 is 28.1. The molecule has 3 rings (SSSR count). The van der Waals surface area contributed by atoms with E-state index in [0.29, 0.717) is 16.1 Å². The summed E-state index contributed by atoms with van der Waals surface area (Å²) in [5.74, 6) is 0.0843.